The molecular weight excluding hydrogens is 403 g/mol. The molecule has 0 atom stereocenters. The molecule has 3 rings (SSSR count). The summed E-state index contributed by atoms with van der Waals surface area (Å²) in [6, 6.07) is 13.9. The van der Waals surface area contributed by atoms with Gasteiger partial charge >= 0.3 is 5.97 Å². The van der Waals surface area contributed by atoms with Crippen LogP contribution in [0.3, 0.4) is 0 Å². The van der Waals surface area contributed by atoms with Crippen molar-refractivity contribution in [2.24, 2.45) is 0 Å². The lowest BCUT2D eigenvalue weighted by Gasteiger charge is -2.26. The van der Waals surface area contributed by atoms with Gasteiger partial charge in [-0.05, 0) is 53.5 Å². The zero-order valence-electron chi connectivity index (χ0n) is 16.2. The zero-order valence-corrected chi connectivity index (χ0v) is 16.9. The Morgan fingerprint density at radius 1 is 1.27 bits per heavy atom. The second-order valence-electron chi connectivity index (χ2n) is 6.54. The molecule has 0 saturated heterocycles. The zero-order chi connectivity index (χ0) is 21.8. The molecule has 150 valence electrons. The van der Waals surface area contributed by atoms with Crippen LogP contribution < -0.4 is 0 Å². The predicted molar refractivity (Wildman–Crippen MR) is 116 cm³/mol. The molecule has 0 aromatic heterocycles. The number of carbonyl (C=O) groups is 1. The largest absolute Gasteiger partial charge is 0.478 e. The minimum absolute atomic E-state index is 0.0789. The van der Waals surface area contributed by atoms with Crippen LogP contribution in [0.2, 0.25) is 5.02 Å². The van der Waals surface area contributed by atoms with Gasteiger partial charge in [-0.1, -0.05) is 49.4 Å². The van der Waals surface area contributed by atoms with Crippen LogP contribution >= 0.6 is 11.6 Å². The topological polar surface area (TPSA) is 64.3 Å². The second kappa shape index (κ2) is 8.81. The molecule has 30 heavy (non-hydrogen) atoms. The average Bonchev–Trinajstić information content (AvgIpc) is 2.72. The van der Waals surface area contributed by atoms with Crippen LogP contribution in [0.15, 0.2) is 84.4 Å². The van der Waals surface area contributed by atoms with Crippen LogP contribution in [0.25, 0.3) is 16.7 Å². The first-order valence-corrected chi connectivity index (χ1v) is 9.54. The van der Waals surface area contributed by atoms with Gasteiger partial charge in [0.2, 0.25) is 0 Å². The normalized spacial score (nSPS) is 14.1. The Morgan fingerprint density at radius 3 is 2.60 bits per heavy atom. The van der Waals surface area contributed by atoms with Crippen molar-refractivity contribution < 1.29 is 14.3 Å². The van der Waals surface area contributed by atoms with Crippen molar-refractivity contribution in [3.63, 3.8) is 0 Å². The summed E-state index contributed by atoms with van der Waals surface area (Å²) in [7, 11) is 0. The Balaban J connectivity index is 2.17. The van der Waals surface area contributed by atoms with Gasteiger partial charge in [0.15, 0.2) is 0 Å². The molecule has 2 aromatic rings. The molecule has 0 radical (unpaired) electrons. The van der Waals surface area contributed by atoms with Crippen LogP contribution in [0.4, 0.5) is 4.39 Å². The van der Waals surface area contributed by atoms with Crippen LogP contribution in [0.5, 0.6) is 0 Å². The molecule has 2 aromatic carbocycles. The average molecular weight is 421 g/mol. The van der Waals surface area contributed by atoms with Crippen molar-refractivity contribution >= 4 is 23.1 Å². The molecule has 6 heteroatoms. The lowest BCUT2D eigenvalue weighted by molar-refractivity contribution is -0.132. The van der Waals surface area contributed by atoms with E-state index in [1.54, 1.807) is 29.2 Å². The van der Waals surface area contributed by atoms with Gasteiger partial charge in [0.1, 0.15) is 17.6 Å². The molecule has 0 spiro atoms. The molecule has 0 unspecified atom stereocenters. The molecule has 0 fully saturated rings. The van der Waals surface area contributed by atoms with Crippen LogP contribution in [0.1, 0.15) is 18.9 Å². The van der Waals surface area contributed by atoms with Gasteiger partial charge in [-0.15, -0.1) is 0 Å². The van der Waals surface area contributed by atoms with E-state index in [0.29, 0.717) is 45.1 Å². The highest BCUT2D eigenvalue weighted by atomic mass is 35.5. The highest BCUT2D eigenvalue weighted by Gasteiger charge is 2.22. The van der Waals surface area contributed by atoms with Crippen LogP contribution in [0, 0.1) is 17.1 Å². The molecule has 0 bridgehead atoms. The van der Waals surface area contributed by atoms with Crippen molar-refractivity contribution in [1.29, 1.82) is 5.26 Å². The highest BCUT2D eigenvalue weighted by molar-refractivity contribution is 6.30. The number of hydrogen-bond donors (Lipinski definition) is 1. The second-order valence-corrected chi connectivity index (χ2v) is 6.98. The summed E-state index contributed by atoms with van der Waals surface area (Å²) < 4.78 is 14.6. The fourth-order valence-corrected chi connectivity index (χ4v) is 3.50. The summed E-state index contributed by atoms with van der Waals surface area (Å²) >= 11 is 5.89. The summed E-state index contributed by atoms with van der Waals surface area (Å²) in [6.07, 6.45) is 4.80. The van der Waals surface area contributed by atoms with E-state index in [1.165, 1.54) is 24.4 Å². The maximum atomic E-state index is 14.6. The van der Waals surface area contributed by atoms with E-state index in [-0.39, 0.29) is 5.57 Å². The Hall–Kier alpha value is -3.62. The third-order valence-corrected chi connectivity index (χ3v) is 4.98. The van der Waals surface area contributed by atoms with Crippen molar-refractivity contribution in [2.75, 3.05) is 0 Å². The molecule has 1 N–H and O–H groups in total. The lowest BCUT2D eigenvalue weighted by atomic mass is 9.91. The number of carboxylic acid groups (broad SMARTS) is 1. The molecule has 1 aliphatic heterocycles. The van der Waals surface area contributed by atoms with Crippen molar-refractivity contribution in [3.8, 4) is 17.2 Å². The first-order chi connectivity index (χ1) is 14.4. The summed E-state index contributed by atoms with van der Waals surface area (Å²) in [5.41, 5.74) is 3.11. The van der Waals surface area contributed by atoms with Crippen molar-refractivity contribution in [1.82, 2.24) is 4.90 Å². The molecule has 1 aliphatic rings. The fraction of sp³-hybridized carbons (Fsp3) is 0.0833. The van der Waals surface area contributed by atoms with E-state index in [0.717, 1.165) is 0 Å². The number of nitriles is 1. The molecule has 0 amide bonds. The van der Waals surface area contributed by atoms with E-state index >= 15 is 0 Å². The first-order valence-electron chi connectivity index (χ1n) is 9.16. The quantitative estimate of drug-likeness (QED) is 0.589. The third kappa shape index (κ3) is 4.05. The van der Waals surface area contributed by atoms with E-state index in [4.69, 9.17) is 11.6 Å². The van der Waals surface area contributed by atoms with E-state index in [1.807, 2.05) is 19.1 Å². The summed E-state index contributed by atoms with van der Waals surface area (Å²) in [4.78, 5) is 12.8. The van der Waals surface area contributed by atoms with Gasteiger partial charge in [0, 0.05) is 22.5 Å². The number of nitrogens with zero attached hydrogens (tertiary/aromatic N) is 2. The minimum Gasteiger partial charge on any atom is -0.478 e. The summed E-state index contributed by atoms with van der Waals surface area (Å²) in [5.74, 6) is -1.53. The van der Waals surface area contributed by atoms with E-state index in [2.05, 4.69) is 12.6 Å². The van der Waals surface area contributed by atoms with Gasteiger partial charge in [-0.2, -0.15) is 5.26 Å². The smallest absolute Gasteiger partial charge is 0.335 e. The lowest BCUT2D eigenvalue weighted by Crippen LogP contribution is -2.19. The molecule has 0 saturated carbocycles. The SMILES string of the molecule is C=C1C=C(C(=O)O)C=CN1/C(C#N)=C(\CC)c1ccccc1-c1ccc(Cl)cc1F. The van der Waals surface area contributed by atoms with Crippen molar-refractivity contribution in [3.05, 3.63) is 101 Å². The molecule has 1 heterocycles. The van der Waals surface area contributed by atoms with Crippen molar-refractivity contribution in [2.45, 2.75) is 13.3 Å². The Labute approximate surface area is 179 Å². The number of hydrogen-bond acceptors (Lipinski definition) is 3. The standard InChI is InChI=1S/C24H18ClFN2O2/c1-3-18(23(14-27)28-11-10-16(24(29)30)12-15(28)2)19-6-4-5-7-20(19)21-9-8-17(25)13-22(21)26/h4-13H,2-3H2,1H3,(H,29,30)/b23-18+. The van der Waals surface area contributed by atoms with E-state index < -0.39 is 11.8 Å². The fourth-order valence-electron chi connectivity index (χ4n) is 3.34. The Bertz CT molecular complexity index is 1170. The third-order valence-electron chi connectivity index (χ3n) is 4.74. The Kier molecular flexibility index (Phi) is 6.20. The van der Waals surface area contributed by atoms with Gasteiger partial charge in [-0.25, -0.2) is 9.18 Å². The number of benzene rings is 2. The van der Waals surface area contributed by atoms with E-state index in [9.17, 15) is 19.6 Å². The maximum Gasteiger partial charge on any atom is 0.335 e. The Morgan fingerprint density at radius 2 is 2.00 bits per heavy atom. The number of halogens is 2. The number of aliphatic carboxylic acids is 1. The molecule has 4 nitrogen and oxygen atoms in total. The van der Waals surface area contributed by atoms with Gasteiger partial charge in [0.25, 0.3) is 0 Å². The summed E-state index contributed by atoms with van der Waals surface area (Å²) in [5, 5.41) is 19.4. The molecule has 0 aliphatic carbocycles. The molecular formula is C24H18ClFN2O2. The summed E-state index contributed by atoms with van der Waals surface area (Å²) in [6.45, 7) is 5.79. The minimum atomic E-state index is -1.08. The van der Waals surface area contributed by atoms with Crippen LogP contribution in [-0.2, 0) is 4.79 Å². The predicted octanol–water partition coefficient (Wildman–Crippen LogP) is 6.14. The van der Waals surface area contributed by atoms with Gasteiger partial charge < -0.3 is 10.0 Å². The number of carboxylic acids is 1. The van der Waals surface area contributed by atoms with Gasteiger partial charge in [0.05, 0.1) is 5.57 Å². The first kappa shape index (κ1) is 21.1. The van der Waals surface area contributed by atoms with Gasteiger partial charge in [-0.3, -0.25) is 0 Å². The maximum absolute atomic E-state index is 14.6. The highest BCUT2D eigenvalue weighted by Crippen LogP contribution is 2.36. The van der Waals surface area contributed by atoms with Crippen LogP contribution in [-0.4, -0.2) is 16.0 Å². The number of allylic oxidation sites excluding steroid dienone is 3. The monoisotopic (exact) mass is 420 g/mol. The number of rotatable bonds is 5.